The van der Waals surface area contributed by atoms with Gasteiger partial charge in [0.2, 0.25) is 0 Å². The van der Waals surface area contributed by atoms with Crippen molar-refractivity contribution in [2.75, 3.05) is 5.32 Å². The minimum absolute atomic E-state index is 0.804. The Morgan fingerprint density at radius 2 is 1.86 bits per heavy atom. The molecule has 1 N–H and O–H groups in total. The summed E-state index contributed by atoms with van der Waals surface area (Å²) >= 11 is 0. The Balaban J connectivity index is 1.85. The summed E-state index contributed by atoms with van der Waals surface area (Å²) in [7, 11) is 0. The summed E-state index contributed by atoms with van der Waals surface area (Å²) in [5.74, 6) is 0. The molecule has 1 aromatic carbocycles. The Bertz CT molecular complexity index is 715. The van der Waals surface area contributed by atoms with Gasteiger partial charge in [-0.05, 0) is 49.7 Å². The quantitative estimate of drug-likeness (QED) is 0.778. The average molecular weight is 277 g/mol. The van der Waals surface area contributed by atoms with E-state index in [1.807, 2.05) is 24.4 Å². The van der Waals surface area contributed by atoms with Crippen molar-refractivity contribution >= 4 is 5.69 Å². The van der Waals surface area contributed by atoms with Gasteiger partial charge in [-0.1, -0.05) is 18.2 Å². The monoisotopic (exact) mass is 277 g/mol. The van der Waals surface area contributed by atoms with Crippen LogP contribution in [-0.2, 0) is 6.54 Å². The molecule has 0 unspecified atom stereocenters. The van der Waals surface area contributed by atoms with Crippen LogP contribution < -0.4 is 5.32 Å². The number of nitrogens with zero attached hydrogens (tertiary/aromatic N) is 2. The summed E-state index contributed by atoms with van der Waals surface area (Å²) < 4.78 is 2.29. The molecule has 3 nitrogen and oxygen atoms in total. The highest BCUT2D eigenvalue weighted by Gasteiger charge is 2.10. The summed E-state index contributed by atoms with van der Waals surface area (Å²) in [5, 5.41) is 3.42. The molecule has 3 heteroatoms. The molecular weight excluding hydrogens is 258 g/mol. The van der Waals surface area contributed by atoms with E-state index in [0.29, 0.717) is 0 Å². The molecule has 106 valence electrons. The van der Waals surface area contributed by atoms with Crippen LogP contribution >= 0.6 is 0 Å². The van der Waals surface area contributed by atoms with Crippen LogP contribution in [0.3, 0.4) is 0 Å². The number of aryl methyl sites for hydroxylation is 1. The fraction of sp³-hybridized carbons (Fsp3) is 0.167. The van der Waals surface area contributed by atoms with Crippen molar-refractivity contribution in [2.24, 2.45) is 0 Å². The number of aromatic nitrogens is 2. The molecule has 21 heavy (non-hydrogen) atoms. The van der Waals surface area contributed by atoms with Crippen LogP contribution in [0.5, 0.6) is 0 Å². The minimum Gasteiger partial charge on any atom is -0.380 e. The second-order valence-corrected chi connectivity index (χ2v) is 5.16. The molecule has 2 aromatic heterocycles. The van der Waals surface area contributed by atoms with E-state index < -0.39 is 0 Å². The Morgan fingerprint density at radius 1 is 1.05 bits per heavy atom. The molecule has 0 spiro atoms. The van der Waals surface area contributed by atoms with Gasteiger partial charge in [-0.2, -0.15) is 0 Å². The molecule has 3 aromatic rings. The fourth-order valence-corrected chi connectivity index (χ4v) is 2.65. The lowest BCUT2D eigenvalue weighted by Gasteiger charge is -2.10. The highest BCUT2D eigenvalue weighted by atomic mass is 15.0. The highest BCUT2D eigenvalue weighted by molar-refractivity contribution is 5.44. The summed E-state index contributed by atoms with van der Waals surface area (Å²) in [5.41, 5.74) is 6.08. The van der Waals surface area contributed by atoms with Gasteiger partial charge >= 0.3 is 0 Å². The molecule has 0 aliphatic heterocycles. The molecule has 0 amide bonds. The first kappa shape index (κ1) is 13.4. The standard InChI is InChI=1S/C18H19N3/c1-14-11-16(12-20-17-7-6-10-19-13-17)15(2)21(14)18-8-4-3-5-9-18/h3-11,13,20H,12H2,1-2H3. The van der Waals surface area contributed by atoms with Gasteiger partial charge in [-0.15, -0.1) is 0 Å². The lowest BCUT2D eigenvalue weighted by atomic mass is 10.2. The molecule has 0 saturated heterocycles. The third kappa shape index (κ3) is 2.82. The van der Waals surface area contributed by atoms with Crippen molar-refractivity contribution < 1.29 is 0 Å². The molecule has 0 aliphatic rings. The molecule has 3 rings (SSSR count). The Hall–Kier alpha value is -2.55. The summed E-state index contributed by atoms with van der Waals surface area (Å²) in [6.45, 7) is 5.12. The van der Waals surface area contributed by atoms with E-state index in [2.05, 4.69) is 59.0 Å². The lowest BCUT2D eigenvalue weighted by Crippen LogP contribution is -2.02. The van der Waals surface area contributed by atoms with Crippen LogP contribution in [0.15, 0.2) is 60.9 Å². The van der Waals surface area contributed by atoms with Gasteiger partial charge in [0, 0.05) is 36.0 Å². The van der Waals surface area contributed by atoms with E-state index in [1.54, 1.807) is 6.20 Å². The maximum Gasteiger partial charge on any atom is 0.0529 e. The van der Waals surface area contributed by atoms with Crippen molar-refractivity contribution in [3.63, 3.8) is 0 Å². The van der Waals surface area contributed by atoms with Crippen LogP contribution in [0.1, 0.15) is 17.0 Å². The van der Waals surface area contributed by atoms with Crippen LogP contribution in [0.2, 0.25) is 0 Å². The Kier molecular flexibility index (Phi) is 3.73. The lowest BCUT2D eigenvalue weighted by molar-refractivity contribution is 0.951. The van der Waals surface area contributed by atoms with E-state index >= 15 is 0 Å². The average Bonchev–Trinajstić information content (AvgIpc) is 2.81. The normalized spacial score (nSPS) is 10.6. The van der Waals surface area contributed by atoms with E-state index in [-0.39, 0.29) is 0 Å². The van der Waals surface area contributed by atoms with Crippen LogP contribution in [-0.4, -0.2) is 9.55 Å². The smallest absolute Gasteiger partial charge is 0.0529 e. The van der Waals surface area contributed by atoms with Crippen molar-refractivity contribution in [3.8, 4) is 5.69 Å². The summed E-state index contributed by atoms with van der Waals surface area (Å²) in [6, 6.07) is 16.7. The van der Waals surface area contributed by atoms with Crippen LogP contribution in [0.4, 0.5) is 5.69 Å². The van der Waals surface area contributed by atoms with E-state index in [0.717, 1.165) is 12.2 Å². The number of rotatable bonds is 4. The van der Waals surface area contributed by atoms with Gasteiger partial charge in [-0.25, -0.2) is 0 Å². The molecule has 0 aliphatic carbocycles. The van der Waals surface area contributed by atoms with E-state index in [1.165, 1.54) is 22.6 Å². The van der Waals surface area contributed by atoms with Gasteiger partial charge in [-0.3, -0.25) is 4.98 Å². The molecule has 0 bridgehead atoms. The predicted octanol–water partition coefficient (Wildman–Crippen LogP) is 4.10. The first-order valence-corrected chi connectivity index (χ1v) is 7.13. The Labute approximate surface area is 125 Å². The number of hydrogen-bond acceptors (Lipinski definition) is 2. The minimum atomic E-state index is 0.804. The molecule has 0 saturated carbocycles. The van der Waals surface area contributed by atoms with Crippen molar-refractivity contribution in [1.82, 2.24) is 9.55 Å². The highest BCUT2D eigenvalue weighted by Crippen LogP contribution is 2.21. The zero-order chi connectivity index (χ0) is 14.7. The summed E-state index contributed by atoms with van der Waals surface area (Å²) in [4.78, 5) is 4.12. The number of benzene rings is 1. The van der Waals surface area contributed by atoms with E-state index in [4.69, 9.17) is 0 Å². The number of anilines is 1. The van der Waals surface area contributed by atoms with Crippen molar-refractivity contribution in [3.05, 3.63) is 77.9 Å². The van der Waals surface area contributed by atoms with Crippen molar-refractivity contribution in [2.45, 2.75) is 20.4 Å². The van der Waals surface area contributed by atoms with Crippen LogP contribution in [0.25, 0.3) is 5.69 Å². The number of nitrogens with one attached hydrogen (secondary N) is 1. The first-order valence-electron chi connectivity index (χ1n) is 7.13. The zero-order valence-electron chi connectivity index (χ0n) is 12.4. The predicted molar refractivity (Wildman–Crippen MR) is 86.8 cm³/mol. The van der Waals surface area contributed by atoms with Gasteiger partial charge in [0.05, 0.1) is 5.69 Å². The fourth-order valence-electron chi connectivity index (χ4n) is 2.65. The molecular formula is C18H19N3. The van der Waals surface area contributed by atoms with Gasteiger partial charge in [0.25, 0.3) is 0 Å². The number of hydrogen-bond donors (Lipinski definition) is 1. The molecule has 2 heterocycles. The molecule has 0 atom stereocenters. The second-order valence-electron chi connectivity index (χ2n) is 5.16. The van der Waals surface area contributed by atoms with Crippen molar-refractivity contribution in [1.29, 1.82) is 0 Å². The third-order valence-electron chi connectivity index (χ3n) is 3.69. The molecule has 0 fully saturated rings. The molecule has 0 radical (unpaired) electrons. The van der Waals surface area contributed by atoms with Gasteiger partial charge in [0.15, 0.2) is 0 Å². The summed E-state index contributed by atoms with van der Waals surface area (Å²) in [6.07, 6.45) is 3.63. The zero-order valence-corrected chi connectivity index (χ0v) is 12.4. The van der Waals surface area contributed by atoms with Gasteiger partial charge < -0.3 is 9.88 Å². The van der Waals surface area contributed by atoms with Gasteiger partial charge in [0.1, 0.15) is 0 Å². The van der Waals surface area contributed by atoms with E-state index in [9.17, 15) is 0 Å². The maximum atomic E-state index is 4.12. The maximum absolute atomic E-state index is 4.12. The third-order valence-corrected chi connectivity index (χ3v) is 3.69. The Morgan fingerprint density at radius 3 is 2.57 bits per heavy atom. The van der Waals surface area contributed by atoms with Crippen LogP contribution in [0, 0.1) is 13.8 Å². The number of para-hydroxylation sites is 1. The largest absolute Gasteiger partial charge is 0.380 e. The topological polar surface area (TPSA) is 29.9 Å². The SMILES string of the molecule is Cc1cc(CNc2cccnc2)c(C)n1-c1ccccc1. The first-order chi connectivity index (χ1) is 10.3. The number of pyridine rings is 1. The second kappa shape index (κ2) is 5.83.